The number of carbonyl (C=O) groups excluding carboxylic acids is 1. The first-order valence-electron chi connectivity index (χ1n) is 12.4. The van der Waals surface area contributed by atoms with Crippen LogP contribution in [0.25, 0.3) is 0 Å². The molecular formula is C28H33N3O5S. The summed E-state index contributed by atoms with van der Waals surface area (Å²) >= 11 is 0. The Morgan fingerprint density at radius 1 is 1.00 bits per heavy atom. The van der Waals surface area contributed by atoms with Crippen LogP contribution in [0.2, 0.25) is 0 Å². The number of amides is 1. The van der Waals surface area contributed by atoms with Crippen LogP contribution in [-0.4, -0.2) is 53.8 Å². The smallest absolute Gasteiger partial charge is 0.264 e. The van der Waals surface area contributed by atoms with Crippen molar-refractivity contribution in [2.75, 3.05) is 48.7 Å². The van der Waals surface area contributed by atoms with Crippen molar-refractivity contribution in [2.45, 2.75) is 25.3 Å². The van der Waals surface area contributed by atoms with E-state index in [1.165, 1.54) is 0 Å². The molecule has 0 aromatic heterocycles. The van der Waals surface area contributed by atoms with Gasteiger partial charge in [-0.15, -0.1) is 0 Å². The fourth-order valence-electron chi connectivity index (χ4n) is 4.11. The highest BCUT2D eigenvalue weighted by molar-refractivity contribution is 7.92. The maximum atomic E-state index is 13.7. The van der Waals surface area contributed by atoms with E-state index >= 15 is 0 Å². The average Bonchev–Trinajstić information content (AvgIpc) is 2.92. The van der Waals surface area contributed by atoms with Gasteiger partial charge in [-0.1, -0.05) is 42.0 Å². The van der Waals surface area contributed by atoms with Crippen molar-refractivity contribution in [2.24, 2.45) is 0 Å². The first-order chi connectivity index (χ1) is 17.9. The number of nitrogens with zero attached hydrogens (tertiary/aromatic N) is 2. The van der Waals surface area contributed by atoms with Crippen LogP contribution in [0.3, 0.4) is 0 Å². The van der Waals surface area contributed by atoms with Crippen LogP contribution >= 0.6 is 0 Å². The number of anilines is 2. The number of benzene rings is 3. The van der Waals surface area contributed by atoms with Crippen molar-refractivity contribution in [1.82, 2.24) is 5.32 Å². The molecule has 1 saturated heterocycles. The average molecular weight is 524 g/mol. The predicted molar refractivity (Wildman–Crippen MR) is 145 cm³/mol. The summed E-state index contributed by atoms with van der Waals surface area (Å²) in [6.07, 6.45) is 0. The normalized spacial score (nSPS) is 13.7. The summed E-state index contributed by atoms with van der Waals surface area (Å²) in [5.41, 5.74) is 3.29. The third kappa shape index (κ3) is 6.61. The Morgan fingerprint density at radius 2 is 1.68 bits per heavy atom. The standard InChI is InChI=1S/C28H33N3O5S/c1-3-36-27-7-5-4-6-26(27)31(37(33,34)25-14-8-22(2)9-15-25)21-28(32)29-20-23-10-12-24(13-11-23)30-16-18-35-19-17-30/h4-15H,3,16-21H2,1-2H3,(H,29,32). The van der Waals surface area contributed by atoms with Gasteiger partial charge in [0.15, 0.2) is 0 Å². The van der Waals surface area contributed by atoms with Gasteiger partial charge in [-0.05, 0) is 55.8 Å². The lowest BCUT2D eigenvalue weighted by molar-refractivity contribution is -0.119. The number of nitrogens with one attached hydrogen (secondary N) is 1. The second kappa shape index (κ2) is 12.1. The molecule has 3 aromatic carbocycles. The van der Waals surface area contributed by atoms with Crippen molar-refractivity contribution in [3.05, 3.63) is 83.9 Å². The van der Waals surface area contributed by atoms with Gasteiger partial charge in [-0.25, -0.2) is 8.42 Å². The van der Waals surface area contributed by atoms with Crippen LogP contribution in [-0.2, 0) is 26.1 Å². The minimum absolute atomic E-state index is 0.107. The van der Waals surface area contributed by atoms with Gasteiger partial charge >= 0.3 is 0 Å². The Balaban J connectivity index is 1.51. The molecule has 1 heterocycles. The zero-order chi connectivity index (χ0) is 26.3. The lowest BCUT2D eigenvalue weighted by Gasteiger charge is -2.29. The summed E-state index contributed by atoms with van der Waals surface area (Å²) in [5, 5.41) is 2.86. The molecule has 1 amide bonds. The second-order valence-corrected chi connectivity index (χ2v) is 10.6. The van der Waals surface area contributed by atoms with Crippen molar-refractivity contribution in [1.29, 1.82) is 0 Å². The van der Waals surface area contributed by atoms with Crippen molar-refractivity contribution >= 4 is 27.3 Å². The molecule has 196 valence electrons. The van der Waals surface area contributed by atoms with Gasteiger partial charge in [0.05, 0.1) is 30.4 Å². The zero-order valence-electron chi connectivity index (χ0n) is 21.2. The number of ether oxygens (including phenoxy) is 2. The third-order valence-electron chi connectivity index (χ3n) is 6.13. The highest BCUT2D eigenvalue weighted by atomic mass is 32.2. The lowest BCUT2D eigenvalue weighted by Crippen LogP contribution is -2.41. The van der Waals surface area contributed by atoms with E-state index < -0.39 is 15.9 Å². The molecule has 0 unspecified atom stereocenters. The molecule has 1 N–H and O–H groups in total. The van der Waals surface area contributed by atoms with Crippen LogP contribution in [0.4, 0.5) is 11.4 Å². The van der Waals surface area contributed by atoms with E-state index in [-0.39, 0.29) is 18.0 Å². The molecule has 0 saturated carbocycles. The van der Waals surface area contributed by atoms with E-state index in [1.54, 1.807) is 48.5 Å². The van der Waals surface area contributed by atoms with Gasteiger partial charge in [0.1, 0.15) is 12.3 Å². The summed E-state index contributed by atoms with van der Waals surface area (Å²) in [5.74, 6) is -0.0218. The highest BCUT2D eigenvalue weighted by Gasteiger charge is 2.29. The molecule has 0 atom stereocenters. The minimum Gasteiger partial charge on any atom is -0.492 e. The van der Waals surface area contributed by atoms with Crippen LogP contribution in [0.15, 0.2) is 77.7 Å². The summed E-state index contributed by atoms with van der Waals surface area (Å²) in [6, 6.07) is 21.4. The fraction of sp³-hybridized carbons (Fsp3) is 0.321. The molecule has 4 rings (SSSR count). The molecule has 0 bridgehead atoms. The number of morpholine rings is 1. The first-order valence-corrected chi connectivity index (χ1v) is 13.8. The monoisotopic (exact) mass is 523 g/mol. The summed E-state index contributed by atoms with van der Waals surface area (Å²) in [7, 11) is -4.03. The molecule has 1 aliphatic rings. The van der Waals surface area contributed by atoms with E-state index in [1.807, 2.05) is 38.1 Å². The predicted octanol–water partition coefficient (Wildman–Crippen LogP) is 3.74. The Hall–Kier alpha value is -3.56. The summed E-state index contributed by atoms with van der Waals surface area (Å²) < 4.78 is 39.6. The van der Waals surface area contributed by atoms with Gasteiger partial charge in [-0.3, -0.25) is 9.10 Å². The second-order valence-electron chi connectivity index (χ2n) is 8.77. The zero-order valence-corrected chi connectivity index (χ0v) is 22.0. The van der Waals surface area contributed by atoms with E-state index in [0.717, 1.165) is 34.2 Å². The van der Waals surface area contributed by atoms with Crippen LogP contribution < -0.4 is 19.3 Å². The van der Waals surface area contributed by atoms with Crippen LogP contribution in [0.1, 0.15) is 18.1 Å². The molecule has 0 spiro atoms. The van der Waals surface area contributed by atoms with Gasteiger partial charge in [0.2, 0.25) is 5.91 Å². The molecule has 3 aromatic rings. The number of hydrogen-bond donors (Lipinski definition) is 1. The quantitative estimate of drug-likeness (QED) is 0.436. The van der Waals surface area contributed by atoms with E-state index in [4.69, 9.17) is 9.47 Å². The van der Waals surface area contributed by atoms with Gasteiger partial charge in [0, 0.05) is 25.3 Å². The molecule has 1 fully saturated rings. The van der Waals surface area contributed by atoms with E-state index in [0.29, 0.717) is 31.3 Å². The Labute approximate surface area is 218 Å². The SMILES string of the molecule is CCOc1ccccc1N(CC(=O)NCc1ccc(N2CCOCC2)cc1)S(=O)(=O)c1ccc(C)cc1. The van der Waals surface area contributed by atoms with Crippen molar-refractivity contribution < 1.29 is 22.7 Å². The van der Waals surface area contributed by atoms with Gasteiger partial charge in [0.25, 0.3) is 10.0 Å². The number of hydrogen-bond acceptors (Lipinski definition) is 6. The van der Waals surface area contributed by atoms with E-state index in [2.05, 4.69) is 10.2 Å². The van der Waals surface area contributed by atoms with Gasteiger partial charge < -0.3 is 19.7 Å². The number of para-hydroxylation sites is 2. The Morgan fingerprint density at radius 3 is 2.35 bits per heavy atom. The number of carbonyl (C=O) groups is 1. The highest BCUT2D eigenvalue weighted by Crippen LogP contribution is 2.32. The summed E-state index contributed by atoms with van der Waals surface area (Å²) in [4.78, 5) is 15.4. The maximum absolute atomic E-state index is 13.7. The largest absolute Gasteiger partial charge is 0.492 e. The number of sulfonamides is 1. The third-order valence-corrected chi connectivity index (χ3v) is 7.91. The topological polar surface area (TPSA) is 88.2 Å². The molecule has 8 nitrogen and oxygen atoms in total. The minimum atomic E-state index is -4.03. The lowest BCUT2D eigenvalue weighted by atomic mass is 10.2. The molecule has 1 aliphatic heterocycles. The number of rotatable bonds is 10. The molecule has 0 radical (unpaired) electrons. The van der Waals surface area contributed by atoms with Crippen molar-refractivity contribution in [3.63, 3.8) is 0 Å². The maximum Gasteiger partial charge on any atom is 0.264 e. The molecule has 37 heavy (non-hydrogen) atoms. The summed E-state index contributed by atoms with van der Waals surface area (Å²) in [6.45, 7) is 7.11. The van der Waals surface area contributed by atoms with Crippen LogP contribution in [0, 0.1) is 6.92 Å². The fourth-order valence-corrected chi connectivity index (χ4v) is 5.54. The number of aryl methyl sites for hydroxylation is 1. The van der Waals surface area contributed by atoms with Crippen molar-refractivity contribution in [3.8, 4) is 5.75 Å². The van der Waals surface area contributed by atoms with Crippen LogP contribution in [0.5, 0.6) is 5.75 Å². The van der Waals surface area contributed by atoms with Gasteiger partial charge in [-0.2, -0.15) is 0 Å². The molecular weight excluding hydrogens is 490 g/mol. The van der Waals surface area contributed by atoms with E-state index in [9.17, 15) is 13.2 Å². The first kappa shape index (κ1) is 26.5. The Bertz CT molecular complexity index is 1290. The molecule has 0 aliphatic carbocycles. The Kier molecular flexibility index (Phi) is 8.68. The molecule has 9 heteroatoms.